The van der Waals surface area contributed by atoms with Gasteiger partial charge in [-0.25, -0.2) is 0 Å². The second-order valence-corrected chi connectivity index (χ2v) is 4.13. The van der Waals surface area contributed by atoms with Crippen molar-refractivity contribution in [3.05, 3.63) is 0 Å². The molecular formula is C12H25N3O2. The standard InChI is InChI=1S/C12H25N3O2/c1-3-5-6-7-8-15-10(9-11(13)16)12(17)14-4-2/h10,15H,3-9H2,1-2H3,(H2,13,16)(H,14,17)/t10-/m0/s1. The van der Waals surface area contributed by atoms with E-state index in [1.54, 1.807) is 0 Å². The number of hydrogen-bond acceptors (Lipinski definition) is 3. The second-order valence-electron chi connectivity index (χ2n) is 4.13. The molecule has 17 heavy (non-hydrogen) atoms. The Bertz CT molecular complexity index is 232. The molecule has 0 unspecified atom stereocenters. The average Bonchev–Trinajstić information content (AvgIpc) is 2.27. The summed E-state index contributed by atoms with van der Waals surface area (Å²) in [5, 5.41) is 5.78. The van der Waals surface area contributed by atoms with Crippen LogP contribution in [0.15, 0.2) is 0 Å². The van der Waals surface area contributed by atoms with E-state index >= 15 is 0 Å². The van der Waals surface area contributed by atoms with Gasteiger partial charge < -0.3 is 16.4 Å². The van der Waals surface area contributed by atoms with Gasteiger partial charge in [0.05, 0.1) is 12.5 Å². The lowest BCUT2D eigenvalue weighted by atomic mass is 10.1. The highest BCUT2D eigenvalue weighted by molar-refractivity contribution is 5.87. The molecule has 0 rings (SSSR count). The van der Waals surface area contributed by atoms with E-state index in [0.29, 0.717) is 6.54 Å². The lowest BCUT2D eigenvalue weighted by Gasteiger charge is -2.16. The number of nitrogens with one attached hydrogen (secondary N) is 2. The maximum atomic E-state index is 11.6. The molecule has 0 aliphatic carbocycles. The number of primary amides is 1. The molecule has 0 radical (unpaired) electrons. The Labute approximate surface area is 104 Å². The van der Waals surface area contributed by atoms with E-state index in [0.717, 1.165) is 19.4 Å². The molecular weight excluding hydrogens is 218 g/mol. The zero-order valence-corrected chi connectivity index (χ0v) is 10.9. The fraction of sp³-hybridized carbons (Fsp3) is 0.833. The molecule has 0 aromatic heterocycles. The summed E-state index contributed by atoms with van der Waals surface area (Å²) in [4.78, 5) is 22.5. The largest absolute Gasteiger partial charge is 0.370 e. The van der Waals surface area contributed by atoms with Crippen LogP contribution in [0.3, 0.4) is 0 Å². The van der Waals surface area contributed by atoms with Crippen molar-refractivity contribution in [3.63, 3.8) is 0 Å². The number of likely N-dealkylation sites (N-methyl/N-ethyl adjacent to an activating group) is 1. The van der Waals surface area contributed by atoms with Crippen molar-refractivity contribution in [1.29, 1.82) is 0 Å². The number of hydrogen-bond donors (Lipinski definition) is 3. The van der Waals surface area contributed by atoms with Crippen molar-refractivity contribution in [2.75, 3.05) is 13.1 Å². The molecule has 0 aromatic carbocycles. The SMILES string of the molecule is CCCCCCN[C@@H](CC(N)=O)C(=O)NCC. The lowest BCUT2D eigenvalue weighted by Crippen LogP contribution is -2.46. The Hall–Kier alpha value is -1.10. The van der Waals surface area contributed by atoms with Crippen LogP contribution in [0.4, 0.5) is 0 Å². The molecule has 1 atom stereocenters. The predicted molar refractivity (Wildman–Crippen MR) is 68.4 cm³/mol. The van der Waals surface area contributed by atoms with Gasteiger partial charge in [0.1, 0.15) is 0 Å². The third-order valence-corrected chi connectivity index (χ3v) is 2.49. The van der Waals surface area contributed by atoms with Crippen LogP contribution in [0.25, 0.3) is 0 Å². The summed E-state index contributed by atoms with van der Waals surface area (Å²) >= 11 is 0. The van der Waals surface area contributed by atoms with E-state index < -0.39 is 11.9 Å². The Kier molecular flexibility index (Phi) is 9.43. The van der Waals surface area contributed by atoms with Crippen molar-refractivity contribution in [1.82, 2.24) is 10.6 Å². The van der Waals surface area contributed by atoms with Gasteiger partial charge in [0.25, 0.3) is 0 Å². The summed E-state index contributed by atoms with van der Waals surface area (Å²) in [5.74, 6) is -0.607. The Morgan fingerprint density at radius 1 is 1.18 bits per heavy atom. The predicted octanol–water partition coefficient (Wildman–Crippen LogP) is 0.536. The first kappa shape index (κ1) is 15.9. The molecule has 0 aromatic rings. The summed E-state index contributed by atoms with van der Waals surface area (Å²) < 4.78 is 0. The molecule has 100 valence electrons. The molecule has 0 saturated carbocycles. The molecule has 2 amide bonds. The van der Waals surface area contributed by atoms with Crippen LogP contribution in [0.5, 0.6) is 0 Å². The highest BCUT2D eigenvalue weighted by Crippen LogP contribution is 1.99. The van der Waals surface area contributed by atoms with Gasteiger partial charge in [-0.15, -0.1) is 0 Å². The monoisotopic (exact) mass is 243 g/mol. The van der Waals surface area contributed by atoms with Crippen LogP contribution < -0.4 is 16.4 Å². The number of rotatable bonds is 10. The second kappa shape index (κ2) is 10.1. The van der Waals surface area contributed by atoms with E-state index in [2.05, 4.69) is 17.6 Å². The van der Waals surface area contributed by atoms with Crippen LogP contribution in [0, 0.1) is 0 Å². The fourth-order valence-corrected chi connectivity index (χ4v) is 1.58. The molecule has 0 aliphatic heterocycles. The fourth-order valence-electron chi connectivity index (χ4n) is 1.58. The van der Waals surface area contributed by atoms with E-state index in [1.807, 2.05) is 6.92 Å². The smallest absolute Gasteiger partial charge is 0.237 e. The number of carbonyl (C=O) groups excluding carboxylic acids is 2. The highest BCUT2D eigenvalue weighted by atomic mass is 16.2. The van der Waals surface area contributed by atoms with Gasteiger partial charge in [-0.2, -0.15) is 0 Å². The van der Waals surface area contributed by atoms with Gasteiger partial charge in [0.2, 0.25) is 11.8 Å². The minimum atomic E-state index is -0.492. The minimum absolute atomic E-state index is 0.0552. The summed E-state index contributed by atoms with van der Waals surface area (Å²) in [5.41, 5.74) is 5.12. The van der Waals surface area contributed by atoms with Crippen molar-refractivity contribution >= 4 is 11.8 Å². The van der Waals surface area contributed by atoms with Gasteiger partial charge in [-0.1, -0.05) is 26.2 Å². The van der Waals surface area contributed by atoms with Gasteiger partial charge in [-0.05, 0) is 19.9 Å². The summed E-state index contributed by atoms with van der Waals surface area (Å²) in [6, 6.07) is -0.492. The summed E-state index contributed by atoms with van der Waals surface area (Å²) in [7, 11) is 0. The number of amides is 2. The van der Waals surface area contributed by atoms with Crippen LogP contribution in [0.1, 0.15) is 46.0 Å². The zero-order chi connectivity index (χ0) is 13.1. The normalized spacial score (nSPS) is 12.1. The van der Waals surface area contributed by atoms with E-state index in [9.17, 15) is 9.59 Å². The molecule has 4 N–H and O–H groups in total. The molecule has 5 nitrogen and oxygen atoms in total. The number of unbranched alkanes of at least 4 members (excludes halogenated alkanes) is 3. The van der Waals surface area contributed by atoms with Crippen LogP contribution >= 0.6 is 0 Å². The molecule has 0 saturated heterocycles. The number of nitrogens with two attached hydrogens (primary N) is 1. The van der Waals surface area contributed by atoms with E-state index in [4.69, 9.17) is 5.73 Å². The van der Waals surface area contributed by atoms with Gasteiger partial charge in [0.15, 0.2) is 0 Å². The Morgan fingerprint density at radius 2 is 1.88 bits per heavy atom. The quantitative estimate of drug-likeness (QED) is 0.489. The van der Waals surface area contributed by atoms with Crippen molar-refractivity contribution in [3.8, 4) is 0 Å². The summed E-state index contributed by atoms with van der Waals surface area (Å²) in [6.07, 6.45) is 4.59. The maximum absolute atomic E-state index is 11.6. The van der Waals surface area contributed by atoms with Crippen LogP contribution in [-0.4, -0.2) is 30.9 Å². The molecule has 0 fully saturated rings. The average molecular weight is 243 g/mol. The first-order valence-corrected chi connectivity index (χ1v) is 6.41. The molecule has 0 aliphatic rings. The van der Waals surface area contributed by atoms with Crippen molar-refractivity contribution < 1.29 is 9.59 Å². The van der Waals surface area contributed by atoms with Crippen molar-refractivity contribution in [2.45, 2.75) is 52.0 Å². The summed E-state index contributed by atoms with van der Waals surface area (Å²) in [6.45, 7) is 5.30. The Balaban J connectivity index is 3.93. The van der Waals surface area contributed by atoms with Gasteiger partial charge in [0, 0.05) is 6.54 Å². The molecule has 0 heterocycles. The first-order chi connectivity index (χ1) is 8.11. The maximum Gasteiger partial charge on any atom is 0.237 e. The Morgan fingerprint density at radius 3 is 2.41 bits per heavy atom. The first-order valence-electron chi connectivity index (χ1n) is 6.41. The van der Waals surface area contributed by atoms with E-state index in [-0.39, 0.29) is 12.3 Å². The molecule has 0 bridgehead atoms. The number of carbonyl (C=O) groups is 2. The minimum Gasteiger partial charge on any atom is -0.370 e. The lowest BCUT2D eigenvalue weighted by molar-refractivity contribution is -0.127. The third kappa shape index (κ3) is 8.68. The van der Waals surface area contributed by atoms with E-state index in [1.165, 1.54) is 12.8 Å². The van der Waals surface area contributed by atoms with Crippen LogP contribution in [0.2, 0.25) is 0 Å². The zero-order valence-electron chi connectivity index (χ0n) is 10.9. The van der Waals surface area contributed by atoms with Crippen LogP contribution in [-0.2, 0) is 9.59 Å². The third-order valence-electron chi connectivity index (χ3n) is 2.49. The molecule has 0 spiro atoms. The molecule has 5 heteroatoms. The van der Waals surface area contributed by atoms with Gasteiger partial charge >= 0.3 is 0 Å². The van der Waals surface area contributed by atoms with Gasteiger partial charge in [-0.3, -0.25) is 9.59 Å². The van der Waals surface area contributed by atoms with Crippen molar-refractivity contribution in [2.24, 2.45) is 5.73 Å². The topological polar surface area (TPSA) is 84.2 Å². The highest BCUT2D eigenvalue weighted by Gasteiger charge is 2.18.